The van der Waals surface area contributed by atoms with Gasteiger partial charge in [0.15, 0.2) is 11.5 Å². The molecule has 0 aromatic heterocycles. The lowest BCUT2D eigenvalue weighted by atomic mass is 10.1. The van der Waals surface area contributed by atoms with E-state index in [9.17, 15) is 4.79 Å². The zero-order chi connectivity index (χ0) is 16.8. The summed E-state index contributed by atoms with van der Waals surface area (Å²) in [4.78, 5) is 12.3. The standard InChI is InChI=1S/C18H20BrNO3/c1-12(2)11-23-16-9-4-13(10-17(16)22-3)18(21)20-15-7-5-14(19)6-8-15/h4-10,12H,11H2,1-3H3,(H,20,21). The fourth-order valence-electron chi connectivity index (χ4n) is 1.92. The minimum Gasteiger partial charge on any atom is -0.493 e. The van der Waals surface area contributed by atoms with Gasteiger partial charge in [0.25, 0.3) is 5.91 Å². The number of rotatable bonds is 6. The van der Waals surface area contributed by atoms with Gasteiger partial charge in [0, 0.05) is 15.7 Å². The summed E-state index contributed by atoms with van der Waals surface area (Å²) in [6, 6.07) is 12.6. The second-order valence-corrected chi connectivity index (χ2v) is 6.45. The Kier molecular flexibility index (Phi) is 6.04. The van der Waals surface area contributed by atoms with Gasteiger partial charge in [-0.3, -0.25) is 4.79 Å². The third-order valence-electron chi connectivity index (χ3n) is 3.10. The maximum atomic E-state index is 12.3. The van der Waals surface area contributed by atoms with E-state index in [1.54, 1.807) is 25.3 Å². The van der Waals surface area contributed by atoms with Crippen molar-refractivity contribution in [3.8, 4) is 11.5 Å². The Balaban J connectivity index is 2.12. The maximum Gasteiger partial charge on any atom is 0.255 e. The van der Waals surface area contributed by atoms with Crippen LogP contribution in [-0.2, 0) is 0 Å². The number of carbonyl (C=O) groups is 1. The number of anilines is 1. The molecule has 0 atom stereocenters. The smallest absolute Gasteiger partial charge is 0.255 e. The highest BCUT2D eigenvalue weighted by Gasteiger charge is 2.12. The van der Waals surface area contributed by atoms with E-state index in [2.05, 4.69) is 35.1 Å². The van der Waals surface area contributed by atoms with Crippen molar-refractivity contribution in [2.24, 2.45) is 5.92 Å². The lowest BCUT2D eigenvalue weighted by Gasteiger charge is -2.13. The first kappa shape index (κ1) is 17.3. The predicted octanol–water partition coefficient (Wildman–Crippen LogP) is 4.74. The van der Waals surface area contributed by atoms with Gasteiger partial charge < -0.3 is 14.8 Å². The van der Waals surface area contributed by atoms with E-state index in [1.807, 2.05) is 24.3 Å². The first-order valence-electron chi connectivity index (χ1n) is 7.37. The van der Waals surface area contributed by atoms with Gasteiger partial charge in [-0.05, 0) is 48.4 Å². The van der Waals surface area contributed by atoms with E-state index in [0.717, 1.165) is 10.2 Å². The summed E-state index contributed by atoms with van der Waals surface area (Å²) < 4.78 is 12.0. The topological polar surface area (TPSA) is 47.6 Å². The van der Waals surface area contributed by atoms with Gasteiger partial charge in [-0.2, -0.15) is 0 Å². The Labute approximate surface area is 144 Å². The van der Waals surface area contributed by atoms with Gasteiger partial charge >= 0.3 is 0 Å². The Morgan fingerprint density at radius 1 is 1.13 bits per heavy atom. The number of amides is 1. The number of benzene rings is 2. The van der Waals surface area contributed by atoms with Crippen LogP contribution in [0.25, 0.3) is 0 Å². The third kappa shape index (κ3) is 4.99. The van der Waals surface area contributed by atoms with Crippen LogP contribution in [0.1, 0.15) is 24.2 Å². The van der Waals surface area contributed by atoms with Crippen LogP contribution in [-0.4, -0.2) is 19.6 Å². The number of halogens is 1. The van der Waals surface area contributed by atoms with Crippen molar-refractivity contribution in [2.75, 3.05) is 19.0 Å². The van der Waals surface area contributed by atoms with E-state index in [1.165, 1.54) is 0 Å². The molecular weight excluding hydrogens is 358 g/mol. The number of nitrogens with one attached hydrogen (secondary N) is 1. The minimum absolute atomic E-state index is 0.193. The number of hydrogen-bond acceptors (Lipinski definition) is 3. The average molecular weight is 378 g/mol. The molecule has 0 aliphatic heterocycles. The van der Waals surface area contributed by atoms with Crippen molar-refractivity contribution in [1.82, 2.24) is 0 Å². The largest absolute Gasteiger partial charge is 0.493 e. The molecule has 2 rings (SSSR count). The monoisotopic (exact) mass is 377 g/mol. The number of ether oxygens (including phenoxy) is 2. The summed E-state index contributed by atoms with van der Waals surface area (Å²) >= 11 is 3.37. The van der Waals surface area contributed by atoms with Crippen LogP contribution in [0, 0.1) is 5.92 Å². The summed E-state index contributed by atoms with van der Waals surface area (Å²) in [5, 5.41) is 2.85. The molecule has 0 aliphatic rings. The molecule has 0 radical (unpaired) electrons. The Morgan fingerprint density at radius 3 is 2.43 bits per heavy atom. The first-order chi connectivity index (χ1) is 11.0. The molecule has 0 bridgehead atoms. The molecule has 0 saturated heterocycles. The molecule has 5 heteroatoms. The second kappa shape index (κ2) is 8.02. The summed E-state index contributed by atoms with van der Waals surface area (Å²) in [7, 11) is 1.56. The molecule has 0 aliphatic carbocycles. The summed E-state index contributed by atoms with van der Waals surface area (Å²) in [5.41, 5.74) is 1.25. The number of hydrogen-bond donors (Lipinski definition) is 1. The molecule has 0 spiro atoms. The zero-order valence-corrected chi connectivity index (χ0v) is 15.0. The SMILES string of the molecule is COc1cc(C(=O)Nc2ccc(Br)cc2)ccc1OCC(C)C. The highest BCUT2D eigenvalue weighted by molar-refractivity contribution is 9.10. The van der Waals surface area contributed by atoms with Crippen molar-refractivity contribution >= 4 is 27.5 Å². The van der Waals surface area contributed by atoms with Crippen LogP contribution in [0.5, 0.6) is 11.5 Å². The van der Waals surface area contributed by atoms with Crippen LogP contribution >= 0.6 is 15.9 Å². The van der Waals surface area contributed by atoms with Crippen LogP contribution in [0.3, 0.4) is 0 Å². The summed E-state index contributed by atoms with van der Waals surface area (Å²) in [5.74, 6) is 1.41. The van der Waals surface area contributed by atoms with E-state index < -0.39 is 0 Å². The van der Waals surface area contributed by atoms with Crippen LogP contribution in [0.2, 0.25) is 0 Å². The molecule has 2 aromatic rings. The van der Waals surface area contributed by atoms with Gasteiger partial charge in [0.2, 0.25) is 0 Å². The van der Waals surface area contributed by atoms with E-state index >= 15 is 0 Å². The molecular formula is C18H20BrNO3. The lowest BCUT2D eigenvalue weighted by molar-refractivity contribution is 0.102. The fraction of sp³-hybridized carbons (Fsp3) is 0.278. The molecule has 1 amide bonds. The molecule has 1 N–H and O–H groups in total. The van der Waals surface area contributed by atoms with Crippen molar-refractivity contribution < 1.29 is 14.3 Å². The molecule has 0 unspecified atom stereocenters. The van der Waals surface area contributed by atoms with Crippen LogP contribution in [0.4, 0.5) is 5.69 Å². The second-order valence-electron chi connectivity index (χ2n) is 5.53. The van der Waals surface area contributed by atoms with Gasteiger partial charge in [-0.15, -0.1) is 0 Å². The average Bonchev–Trinajstić information content (AvgIpc) is 2.54. The highest BCUT2D eigenvalue weighted by Crippen LogP contribution is 2.29. The molecule has 0 saturated carbocycles. The maximum absolute atomic E-state index is 12.3. The van der Waals surface area contributed by atoms with E-state index in [0.29, 0.717) is 29.6 Å². The molecule has 2 aromatic carbocycles. The molecule has 0 fully saturated rings. The quantitative estimate of drug-likeness (QED) is 0.790. The number of carbonyl (C=O) groups excluding carboxylic acids is 1. The van der Waals surface area contributed by atoms with Gasteiger partial charge in [0.1, 0.15) is 0 Å². The zero-order valence-electron chi connectivity index (χ0n) is 13.4. The molecule has 0 heterocycles. The molecule has 122 valence electrons. The van der Waals surface area contributed by atoms with Crippen molar-refractivity contribution in [1.29, 1.82) is 0 Å². The van der Waals surface area contributed by atoms with Crippen LogP contribution in [0.15, 0.2) is 46.9 Å². The van der Waals surface area contributed by atoms with E-state index in [4.69, 9.17) is 9.47 Å². The van der Waals surface area contributed by atoms with Crippen molar-refractivity contribution in [3.63, 3.8) is 0 Å². The number of methoxy groups -OCH3 is 1. The molecule has 23 heavy (non-hydrogen) atoms. The Hall–Kier alpha value is -2.01. The highest BCUT2D eigenvalue weighted by atomic mass is 79.9. The predicted molar refractivity (Wildman–Crippen MR) is 95.4 cm³/mol. The third-order valence-corrected chi connectivity index (χ3v) is 3.63. The van der Waals surface area contributed by atoms with Gasteiger partial charge in [-0.1, -0.05) is 29.8 Å². The Morgan fingerprint density at radius 2 is 1.83 bits per heavy atom. The summed E-state index contributed by atoms with van der Waals surface area (Å²) in [6.45, 7) is 4.75. The van der Waals surface area contributed by atoms with Crippen molar-refractivity contribution in [3.05, 3.63) is 52.5 Å². The van der Waals surface area contributed by atoms with E-state index in [-0.39, 0.29) is 5.91 Å². The minimum atomic E-state index is -0.193. The lowest BCUT2D eigenvalue weighted by Crippen LogP contribution is -2.12. The Bertz CT molecular complexity index is 668. The van der Waals surface area contributed by atoms with Crippen LogP contribution < -0.4 is 14.8 Å². The van der Waals surface area contributed by atoms with Crippen molar-refractivity contribution in [2.45, 2.75) is 13.8 Å². The van der Waals surface area contributed by atoms with Gasteiger partial charge in [-0.25, -0.2) is 0 Å². The molecule has 4 nitrogen and oxygen atoms in total. The first-order valence-corrected chi connectivity index (χ1v) is 8.16. The summed E-state index contributed by atoms with van der Waals surface area (Å²) in [6.07, 6.45) is 0. The normalized spacial score (nSPS) is 10.5. The van der Waals surface area contributed by atoms with Gasteiger partial charge in [0.05, 0.1) is 13.7 Å². The fourth-order valence-corrected chi connectivity index (χ4v) is 2.19.